The van der Waals surface area contributed by atoms with E-state index in [4.69, 9.17) is 4.74 Å². The van der Waals surface area contributed by atoms with Crippen LogP contribution in [0.5, 0.6) is 0 Å². The van der Waals surface area contributed by atoms with E-state index in [-0.39, 0.29) is 25.1 Å². The van der Waals surface area contributed by atoms with Crippen LogP contribution >= 0.6 is 0 Å². The van der Waals surface area contributed by atoms with Crippen LogP contribution in [-0.2, 0) is 9.53 Å². The number of ether oxygens (including phenoxy) is 1. The van der Waals surface area contributed by atoms with Gasteiger partial charge in [-0.2, -0.15) is 0 Å². The quantitative estimate of drug-likeness (QED) is 0.649. The van der Waals surface area contributed by atoms with Crippen molar-refractivity contribution in [3.63, 3.8) is 0 Å². The maximum Gasteiger partial charge on any atom is 0.228 e. The van der Waals surface area contributed by atoms with Crippen molar-refractivity contribution in [3.8, 4) is 0 Å². The van der Waals surface area contributed by atoms with Gasteiger partial charge in [0.1, 0.15) is 5.72 Å². The van der Waals surface area contributed by atoms with Crippen LogP contribution in [0.4, 0.5) is 0 Å². The van der Waals surface area contributed by atoms with Crippen LogP contribution in [-0.4, -0.2) is 48.1 Å². The average Bonchev–Trinajstić information content (AvgIpc) is 2.25. The Labute approximate surface area is 96.1 Å². The van der Waals surface area contributed by atoms with Crippen molar-refractivity contribution in [1.29, 1.82) is 0 Å². The third kappa shape index (κ3) is 3.59. The number of rotatable bonds is 2. The number of carbonyl (C=O) groups excluding carboxylic acids is 1. The first kappa shape index (κ1) is 13.2. The highest BCUT2D eigenvalue weighted by Gasteiger charge is 2.29. The molecule has 0 aromatic carbocycles. The lowest BCUT2D eigenvalue weighted by Crippen LogP contribution is -2.53. The van der Waals surface area contributed by atoms with Crippen molar-refractivity contribution >= 4 is 5.91 Å². The molecule has 1 unspecified atom stereocenters. The van der Waals surface area contributed by atoms with E-state index in [2.05, 4.69) is 11.9 Å². The van der Waals surface area contributed by atoms with Crippen LogP contribution in [0.1, 0.15) is 13.8 Å². The summed E-state index contributed by atoms with van der Waals surface area (Å²) in [4.78, 5) is 13.6. The summed E-state index contributed by atoms with van der Waals surface area (Å²) in [6.45, 7) is 8.31. The third-order valence-electron chi connectivity index (χ3n) is 2.50. The minimum absolute atomic E-state index is 0.0242. The minimum Gasteiger partial charge on any atom is -0.374 e. The highest BCUT2D eigenvalue weighted by Crippen LogP contribution is 2.10. The van der Waals surface area contributed by atoms with E-state index in [1.54, 1.807) is 17.9 Å². The standard InChI is InChI=1S/C11H20N2O3/c1-4-5-13-7-11(3,15)12-8-16-6-9(2)10(13)14/h4,9,12,15H,1,5-8H2,2-3H3/t9-,11?/m0/s1. The number of amides is 1. The molecule has 2 N–H and O–H groups in total. The van der Waals surface area contributed by atoms with Gasteiger partial charge >= 0.3 is 0 Å². The zero-order valence-electron chi connectivity index (χ0n) is 9.90. The van der Waals surface area contributed by atoms with Gasteiger partial charge in [-0.1, -0.05) is 13.0 Å². The molecule has 0 bridgehead atoms. The van der Waals surface area contributed by atoms with Crippen molar-refractivity contribution < 1.29 is 14.6 Å². The van der Waals surface area contributed by atoms with E-state index < -0.39 is 5.72 Å². The van der Waals surface area contributed by atoms with Gasteiger partial charge < -0.3 is 14.7 Å². The van der Waals surface area contributed by atoms with E-state index in [0.717, 1.165) is 0 Å². The Morgan fingerprint density at radius 3 is 3.12 bits per heavy atom. The van der Waals surface area contributed by atoms with E-state index in [9.17, 15) is 9.90 Å². The molecule has 1 rings (SSSR count). The molecular formula is C11H20N2O3. The zero-order valence-corrected chi connectivity index (χ0v) is 9.90. The van der Waals surface area contributed by atoms with Gasteiger partial charge in [0, 0.05) is 6.54 Å². The Morgan fingerprint density at radius 2 is 2.50 bits per heavy atom. The van der Waals surface area contributed by atoms with Crippen LogP contribution in [0, 0.1) is 5.92 Å². The van der Waals surface area contributed by atoms with Crippen LogP contribution in [0.25, 0.3) is 0 Å². The second-order valence-corrected chi connectivity index (χ2v) is 4.37. The van der Waals surface area contributed by atoms with Crippen molar-refractivity contribution in [2.45, 2.75) is 19.6 Å². The Hall–Kier alpha value is -0.910. The average molecular weight is 228 g/mol. The lowest BCUT2D eigenvalue weighted by Gasteiger charge is -2.31. The molecule has 0 aromatic heterocycles. The summed E-state index contributed by atoms with van der Waals surface area (Å²) in [5.74, 6) is -0.223. The van der Waals surface area contributed by atoms with E-state index in [1.807, 2.05) is 6.92 Å². The first-order valence-electron chi connectivity index (χ1n) is 5.41. The molecule has 92 valence electrons. The molecule has 0 aromatic rings. The minimum atomic E-state index is -1.14. The van der Waals surface area contributed by atoms with Gasteiger partial charge in [-0.15, -0.1) is 6.58 Å². The van der Waals surface area contributed by atoms with Gasteiger partial charge in [0.25, 0.3) is 0 Å². The fraction of sp³-hybridized carbons (Fsp3) is 0.727. The summed E-state index contributed by atoms with van der Waals surface area (Å²) >= 11 is 0. The summed E-state index contributed by atoms with van der Waals surface area (Å²) in [7, 11) is 0. The topological polar surface area (TPSA) is 61.8 Å². The molecule has 0 saturated carbocycles. The number of hydrogen-bond donors (Lipinski definition) is 2. The molecule has 0 aliphatic carbocycles. The molecule has 1 amide bonds. The Bertz CT molecular complexity index is 266. The highest BCUT2D eigenvalue weighted by atomic mass is 16.5. The molecule has 0 spiro atoms. The summed E-state index contributed by atoms with van der Waals surface area (Å²) in [6, 6.07) is 0. The van der Waals surface area contributed by atoms with E-state index in [1.165, 1.54) is 0 Å². The molecule has 0 radical (unpaired) electrons. The normalized spacial score (nSPS) is 32.8. The number of β-amino-alcohol motifs (C(OH)–C–C–N with tert-alkyl or cyclic N) is 1. The maximum absolute atomic E-state index is 12.0. The molecule has 5 heteroatoms. The predicted octanol–water partition coefficient (Wildman–Crippen LogP) is -0.0771. The van der Waals surface area contributed by atoms with Gasteiger partial charge in [-0.25, -0.2) is 0 Å². The number of nitrogens with zero attached hydrogens (tertiary/aromatic N) is 1. The zero-order chi connectivity index (χ0) is 12.2. The first-order valence-corrected chi connectivity index (χ1v) is 5.41. The van der Waals surface area contributed by atoms with Crippen LogP contribution in [0.2, 0.25) is 0 Å². The fourth-order valence-electron chi connectivity index (χ4n) is 1.64. The van der Waals surface area contributed by atoms with Gasteiger partial charge in [0.15, 0.2) is 0 Å². The van der Waals surface area contributed by atoms with Crippen LogP contribution < -0.4 is 5.32 Å². The number of carbonyl (C=O) groups is 1. The van der Waals surface area contributed by atoms with Crippen molar-refractivity contribution in [2.24, 2.45) is 5.92 Å². The predicted molar refractivity (Wildman–Crippen MR) is 60.5 cm³/mol. The monoisotopic (exact) mass is 228 g/mol. The number of aliphatic hydroxyl groups is 1. The highest BCUT2D eigenvalue weighted by molar-refractivity contribution is 5.78. The van der Waals surface area contributed by atoms with Gasteiger partial charge in [0.2, 0.25) is 5.91 Å². The van der Waals surface area contributed by atoms with Crippen molar-refractivity contribution in [1.82, 2.24) is 10.2 Å². The van der Waals surface area contributed by atoms with Crippen molar-refractivity contribution in [3.05, 3.63) is 12.7 Å². The van der Waals surface area contributed by atoms with E-state index in [0.29, 0.717) is 13.2 Å². The van der Waals surface area contributed by atoms with Gasteiger partial charge in [-0.3, -0.25) is 10.1 Å². The second kappa shape index (κ2) is 5.43. The summed E-state index contributed by atoms with van der Waals surface area (Å²) < 4.78 is 5.25. The molecule has 5 nitrogen and oxygen atoms in total. The molecule has 1 saturated heterocycles. The Morgan fingerprint density at radius 1 is 1.81 bits per heavy atom. The molecule has 1 heterocycles. The first-order chi connectivity index (χ1) is 7.46. The lowest BCUT2D eigenvalue weighted by atomic mass is 10.1. The van der Waals surface area contributed by atoms with Gasteiger partial charge in [-0.05, 0) is 6.92 Å². The smallest absolute Gasteiger partial charge is 0.228 e. The summed E-state index contributed by atoms with van der Waals surface area (Å²) in [5.41, 5.74) is -1.14. The lowest BCUT2D eigenvalue weighted by molar-refractivity contribution is -0.138. The number of hydrogen-bond acceptors (Lipinski definition) is 4. The fourth-order valence-corrected chi connectivity index (χ4v) is 1.64. The Balaban J connectivity index is 2.80. The van der Waals surface area contributed by atoms with Gasteiger partial charge in [0.05, 0.1) is 25.8 Å². The van der Waals surface area contributed by atoms with Crippen LogP contribution in [0.3, 0.4) is 0 Å². The molecule has 1 aliphatic heterocycles. The van der Waals surface area contributed by atoms with Crippen molar-refractivity contribution in [2.75, 3.05) is 26.4 Å². The number of nitrogens with one attached hydrogen (secondary N) is 1. The third-order valence-corrected chi connectivity index (χ3v) is 2.50. The van der Waals surface area contributed by atoms with Crippen LogP contribution in [0.15, 0.2) is 12.7 Å². The molecular weight excluding hydrogens is 208 g/mol. The molecule has 2 atom stereocenters. The molecule has 1 aliphatic rings. The second-order valence-electron chi connectivity index (χ2n) is 4.37. The molecule has 1 fully saturated rings. The Kier molecular flexibility index (Phi) is 4.46. The van der Waals surface area contributed by atoms with E-state index >= 15 is 0 Å². The largest absolute Gasteiger partial charge is 0.374 e. The summed E-state index contributed by atoms with van der Waals surface area (Å²) in [6.07, 6.45) is 1.65. The summed E-state index contributed by atoms with van der Waals surface area (Å²) in [5, 5.41) is 12.8. The molecule has 16 heavy (non-hydrogen) atoms. The SMILES string of the molecule is C=CCN1CC(C)(O)NCOC[C@H](C)C1=O. The maximum atomic E-state index is 12.0.